The van der Waals surface area contributed by atoms with Gasteiger partial charge in [0.25, 0.3) is 0 Å². The van der Waals surface area contributed by atoms with Crippen LogP contribution in [0.5, 0.6) is 0 Å². The zero-order valence-electron chi connectivity index (χ0n) is 13.9. The molecule has 1 aromatic carbocycles. The molecule has 114 valence electrons. The molecule has 1 unspecified atom stereocenters. The molecule has 1 atom stereocenters. The minimum atomic E-state index is 0.311. The molecule has 0 aromatic heterocycles. The van der Waals surface area contributed by atoms with Gasteiger partial charge < -0.3 is 5.32 Å². The molecule has 0 spiro atoms. The van der Waals surface area contributed by atoms with Crippen LogP contribution in [-0.4, -0.2) is 13.1 Å². The molecule has 1 aromatic rings. The van der Waals surface area contributed by atoms with Gasteiger partial charge in [0, 0.05) is 12.0 Å². The molecule has 1 rings (SSSR count). The summed E-state index contributed by atoms with van der Waals surface area (Å²) < 4.78 is 0. The molecule has 0 saturated carbocycles. The van der Waals surface area contributed by atoms with Crippen LogP contribution < -0.4 is 5.32 Å². The lowest BCUT2D eigenvalue weighted by atomic mass is 9.74. The van der Waals surface area contributed by atoms with E-state index >= 15 is 0 Å². The number of hydrogen-bond donors (Lipinski definition) is 1. The fraction of sp³-hybridized carbons (Fsp3) is 0.684. The zero-order valence-corrected chi connectivity index (χ0v) is 13.9. The van der Waals surface area contributed by atoms with Gasteiger partial charge in [0.15, 0.2) is 0 Å². The molecule has 0 saturated heterocycles. The van der Waals surface area contributed by atoms with E-state index in [1.165, 1.54) is 37.7 Å². The molecule has 0 fully saturated rings. The summed E-state index contributed by atoms with van der Waals surface area (Å²) in [7, 11) is 0. The monoisotopic (exact) mass is 275 g/mol. The van der Waals surface area contributed by atoms with Gasteiger partial charge in [0.05, 0.1) is 0 Å². The average Bonchev–Trinajstić information content (AvgIpc) is 2.46. The first-order chi connectivity index (χ1) is 9.64. The standard InChI is InChI=1S/C19H33N/c1-5-7-11-14-19(6-2,16-20-15-17(3)4)18-12-9-8-10-13-18/h8-10,12-13,17,20H,5-7,11,14-16H2,1-4H3. The highest BCUT2D eigenvalue weighted by Crippen LogP contribution is 2.33. The van der Waals surface area contributed by atoms with Crippen molar-refractivity contribution in [3.05, 3.63) is 35.9 Å². The molecule has 1 N–H and O–H groups in total. The number of nitrogens with one attached hydrogen (secondary N) is 1. The van der Waals surface area contributed by atoms with Gasteiger partial charge in [0.2, 0.25) is 0 Å². The predicted molar refractivity (Wildman–Crippen MR) is 90.3 cm³/mol. The molecule has 0 heterocycles. The van der Waals surface area contributed by atoms with Crippen LogP contribution in [0.3, 0.4) is 0 Å². The van der Waals surface area contributed by atoms with Crippen LogP contribution in [0.25, 0.3) is 0 Å². The van der Waals surface area contributed by atoms with Gasteiger partial charge in [0.1, 0.15) is 0 Å². The fourth-order valence-electron chi connectivity index (χ4n) is 2.95. The van der Waals surface area contributed by atoms with E-state index in [4.69, 9.17) is 0 Å². The van der Waals surface area contributed by atoms with E-state index in [9.17, 15) is 0 Å². The molecule has 1 nitrogen and oxygen atoms in total. The van der Waals surface area contributed by atoms with E-state index in [2.05, 4.69) is 63.3 Å². The van der Waals surface area contributed by atoms with E-state index < -0.39 is 0 Å². The van der Waals surface area contributed by atoms with Gasteiger partial charge in [-0.25, -0.2) is 0 Å². The second kappa shape index (κ2) is 9.18. The lowest BCUT2D eigenvalue weighted by Crippen LogP contribution is -2.39. The maximum Gasteiger partial charge on any atom is 0.00751 e. The molecule has 0 aliphatic rings. The Hall–Kier alpha value is -0.820. The summed E-state index contributed by atoms with van der Waals surface area (Å²) in [6.07, 6.45) is 6.49. The Balaban J connectivity index is 2.79. The highest BCUT2D eigenvalue weighted by atomic mass is 14.9. The highest BCUT2D eigenvalue weighted by Gasteiger charge is 2.29. The number of benzene rings is 1. The maximum atomic E-state index is 3.70. The zero-order chi connectivity index (χ0) is 14.8. The molecule has 1 heteroatoms. The Bertz CT molecular complexity index is 344. The van der Waals surface area contributed by atoms with Gasteiger partial charge in [-0.3, -0.25) is 0 Å². The molecule has 0 aliphatic carbocycles. The third-order valence-electron chi connectivity index (χ3n) is 4.34. The second-order valence-electron chi connectivity index (χ2n) is 6.48. The average molecular weight is 275 g/mol. The molecular weight excluding hydrogens is 242 g/mol. The minimum Gasteiger partial charge on any atom is -0.316 e. The smallest absolute Gasteiger partial charge is 0.00751 e. The Morgan fingerprint density at radius 1 is 1.05 bits per heavy atom. The van der Waals surface area contributed by atoms with Crippen molar-refractivity contribution < 1.29 is 0 Å². The van der Waals surface area contributed by atoms with Crippen LogP contribution in [0.4, 0.5) is 0 Å². The molecule has 20 heavy (non-hydrogen) atoms. The van der Waals surface area contributed by atoms with Crippen LogP contribution in [0.2, 0.25) is 0 Å². The number of unbranched alkanes of at least 4 members (excludes halogenated alkanes) is 2. The SMILES string of the molecule is CCCCCC(CC)(CNCC(C)C)c1ccccc1. The summed E-state index contributed by atoms with van der Waals surface area (Å²) in [5.41, 5.74) is 1.82. The Labute approximate surface area is 126 Å². The lowest BCUT2D eigenvalue weighted by molar-refractivity contribution is 0.334. The Morgan fingerprint density at radius 2 is 1.75 bits per heavy atom. The molecule has 0 radical (unpaired) electrons. The third kappa shape index (κ3) is 5.28. The summed E-state index contributed by atoms with van der Waals surface area (Å²) in [6, 6.07) is 11.1. The maximum absolute atomic E-state index is 3.70. The summed E-state index contributed by atoms with van der Waals surface area (Å²) >= 11 is 0. The fourth-order valence-corrected chi connectivity index (χ4v) is 2.95. The van der Waals surface area contributed by atoms with Crippen molar-refractivity contribution in [3.8, 4) is 0 Å². The molecule has 0 amide bonds. The van der Waals surface area contributed by atoms with Crippen molar-refractivity contribution in [2.24, 2.45) is 5.92 Å². The minimum absolute atomic E-state index is 0.311. The summed E-state index contributed by atoms with van der Waals surface area (Å²) in [5, 5.41) is 3.70. The second-order valence-corrected chi connectivity index (χ2v) is 6.48. The van der Waals surface area contributed by atoms with Crippen molar-refractivity contribution >= 4 is 0 Å². The first-order valence-electron chi connectivity index (χ1n) is 8.41. The molecule has 0 aliphatic heterocycles. The van der Waals surface area contributed by atoms with Crippen molar-refractivity contribution in [1.29, 1.82) is 0 Å². The topological polar surface area (TPSA) is 12.0 Å². The Morgan fingerprint density at radius 3 is 2.30 bits per heavy atom. The van der Waals surface area contributed by atoms with Gasteiger partial charge in [-0.05, 0) is 30.9 Å². The van der Waals surface area contributed by atoms with Gasteiger partial charge in [-0.1, -0.05) is 77.3 Å². The Kier molecular flexibility index (Phi) is 7.91. The van der Waals surface area contributed by atoms with Gasteiger partial charge in [-0.15, -0.1) is 0 Å². The van der Waals surface area contributed by atoms with Crippen LogP contribution in [0, 0.1) is 5.92 Å². The van der Waals surface area contributed by atoms with E-state index in [0.29, 0.717) is 5.41 Å². The number of rotatable bonds is 10. The van der Waals surface area contributed by atoms with Crippen LogP contribution >= 0.6 is 0 Å². The first kappa shape index (κ1) is 17.2. The first-order valence-corrected chi connectivity index (χ1v) is 8.41. The third-order valence-corrected chi connectivity index (χ3v) is 4.34. The van der Waals surface area contributed by atoms with Crippen LogP contribution in [-0.2, 0) is 5.41 Å². The normalized spacial score (nSPS) is 14.4. The molecular formula is C19H33N. The summed E-state index contributed by atoms with van der Waals surface area (Å²) in [5.74, 6) is 0.718. The summed E-state index contributed by atoms with van der Waals surface area (Å²) in [4.78, 5) is 0. The van der Waals surface area contributed by atoms with E-state index in [1.807, 2.05) is 0 Å². The molecule has 0 bridgehead atoms. The highest BCUT2D eigenvalue weighted by molar-refractivity contribution is 5.25. The van der Waals surface area contributed by atoms with E-state index in [-0.39, 0.29) is 0 Å². The van der Waals surface area contributed by atoms with Gasteiger partial charge in [-0.2, -0.15) is 0 Å². The largest absolute Gasteiger partial charge is 0.316 e. The number of hydrogen-bond acceptors (Lipinski definition) is 1. The van der Waals surface area contributed by atoms with Crippen molar-refractivity contribution in [3.63, 3.8) is 0 Å². The van der Waals surface area contributed by atoms with Crippen LogP contribution in [0.1, 0.15) is 65.4 Å². The van der Waals surface area contributed by atoms with E-state index in [0.717, 1.165) is 19.0 Å². The van der Waals surface area contributed by atoms with E-state index in [1.54, 1.807) is 0 Å². The predicted octanol–water partition coefficient (Wildman–Crippen LogP) is 5.16. The van der Waals surface area contributed by atoms with Gasteiger partial charge >= 0.3 is 0 Å². The van der Waals surface area contributed by atoms with Crippen molar-refractivity contribution in [1.82, 2.24) is 5.32 Å². The van der Waals surface area contributed by atoms with Crippen LogP contribution in [0.15, 0.2) is 30.3 Å². The summed E-state index contributed by atoms with van der Waals surface area (Å²) in [6.45, 7) is 11.4. The lowest BCUT2D eigenvalue weighted by Gasteiger charge is -2.34. The van der Waals surface area contributed by atoms with Crippen molar-refractivity contribution in [2.45, 2.75) is 65.2 Å². The van der Waals surface area contributed by atoms with Crippen molar-refractivity contribution in [2.75, 3.05) is 13.1 Å². The quantitative estimate of drug-likeness (QED) is 0.582.